The van der Waals surface area contributed by atoms with Crippen LogP contribution in [0.25, 0.3) is 0 Å². The van der Waals surface area contributed by atoms with Crippen molar-refractivity contribution in [2.24, 2.45) is 10.8 Å². The number of ether oxygens (including phenoxy) is 1. The Kier molecular flexibility index (Phi) is 4.78. The van der Waals surface area contributed by atoms with E-state index in [1.807, 2.05) is 0 Å². The zero-order valence-corrected chi connectivity index (χ0v) is 15.3. The number of hydrogen-bond acceptors (Lipinski definition) is 3. The first kappa shape index (κ1) is 17.2. The molecule has 1 unspecified atom stereocenters. The predicted octanol–water partition coefficient (Wildman–Crippen LogP) is 3.24. The van der Waals surface area contributed by atoms with Gasteiger partial charge in [-0.15, -0.1) is 0 Å². The van der Waals surface area contributed by atoms with Crippen LogP contribution >= 0.6 is 0 Å². The van der Waals surface area contributed by atoms with Crippen LogP contribution in [-0.4, -0.2) is 61.3 Å². The Morgan fingerprint density at radius 1 is 0.952 bits per heavy atom. The standard InChI is InChI=1S/C18H36N2O/c1-16(2,3)15(21-17(4,5)6)18(8-9-18)14-20-12-10-19(7)11-13-20/h15H,8-14H2,1-7H3. The van der Waals surface area contributed by atoms with Crippen molar-refractivity contribution in [3.8, 4) is 0 Å². The van der Waals surface area contributed by atoms with E-state index >= 15 is 0 Å². The van der Waals surface area contributed by atoms with Crippen molar-refractivity contribution < 1.29 is 4.74 Å². The lowest BCUT2D eigenvalue weighted by Crippen LogP contribution is -2.51. The van der Waals surface area contributed by atoms with E-state index in [2.05, 4.69) is 58.4 Å². The SMILES string of the molecule is CN1CCN(CC2(C(OC(C)(C)C)C(C)(C)C)CC2)CC1. The van der Waals surface area contributed by atoms with Crippen molar-refractivity contribution >= 4 is 0 Å². The average molecular weight is 296 g/mol. The molecule has 1 aliphatic heterocycles. The van der Waals surface area contributed by atoms with Crippen molar-refractivity contribution in [2.45, 2.75) is 66.1 Å². The first-order chi connectivity index (χ1) is 9.52. The summed E-state index contributed by atoms with van der Waals surface area (Å²) in [4.78, 5) is 5.10. The minimum atomic E-state index is -0.0599. The van der Waals surface area contributed by atoms with Gasteiger partial charge in [0.2, 0.25) is 0 Å². The molecule has 1 aliphatic carbocycles. The van der Waals surface area contributed by atoms with Crippen molar-refractivity contribution in [1.29, 1.82) is 0 Å². The molecule has 0 aromatic carbocycles. The Hall–Kier alpha value is -0.120. The Bertz CT molecular complexity index is 341. The van der Waals surface area contributed by atoms with Gasteiger partial charge in [-0.2, -0.15) is 0 Å². The molecule has 1 atom stereocenters. The van der Waals surface area contributed by atoms with Crippen molar-refractivity contribution in [3.63, 3.8) is 0 Å². The van der Waals surface area contributed by atoms with Gasteiger partial charge in [-0.3, -0.25) is 0 Å². The molecule has 2 aliphatic rings. The fourth-order valence-electron chi connectivity index (χ4n) is 3.69. The largest absolute Gasteiger partial charge is 0.371 e. The molecule has 2 fully saturated rings. The van der Waals surface area contributed by atoms with Gasteiger partial charge in [-0.1, -0.05) is 20.8 Å². The highest BCUT2D eigenvalue weighted by Gasteiger charge is 2.55. The van der Waals surface area contributed by atoms with Gasteiger partial charge in [0.05, 0.1) is 11.7 Å². The summed E-state index contributed by atoms with van der Waals surface area (Å²) >= 11 is 0. The maximum Gasteiger partial charge on any atom is 0.0698 e. The second-order valence-electron chi connectivity index (χ2n) is 9.42. The van der Waals surface area contributed by atoms with Crippen LogP contribution in [0, 0.1) is 10.8 Å². The predicted molar refractivity (Wildman–Crippen MR) is 89.7 cm³/mol. The Morgan fingerprint density at radius 2 is 1.48 bits per heavy atom. The zero-order chi connectivity index (χ0) is 15.9. The fraction of sp³-hybridized carbons (Fsp3) is 1.00. The molecule has 1 saturated heterocycles. The third-order valence-electron chi connectivity index (χ3n) is 4.84. The van der Waals surface area contributed by atoms with E-state index in [4.69, 9.17) is 4.74 Å². The van der Waals surface area contributed by atoms with Gasteiger partial charge in [0.15, 0.2) is 0 Å². The fourth-order valence-corrected chi connectivity index (χ4v) is 3.69. The summed E-state index contributed by atoms with van der Waals surface area (Å²) in [6.45, 7) is 19.7. The van der Waals surface area contributed by atoms with Crippen LogP contribution < -0.4 is 0 Å². The highest BCUT2D eigenvalue weighted by Crippen LogP contribution is 2.56. The van der Waals surface area contributed by atoms with E-state index < -0.39 is 0 Å². The third-order valence-corrected chi connectivity index (χ3v) is 4.84. The summed E-state index contributed by atoms with van der Waals surface area (Å²) in [6, 6.07) is 0. The minimum Gasteiger partial charge on any atom is -0.371 e. The van der Waals surface area contributed by atoms with Crippen LogP contribution in [0.3, 0.4) is 0 Å². The van der Waals surface area contributed by atoms with Gasteiger partial charge < -0.3 is 14.5 Å². The monoisotopic (exact) mass is 296 g/mol. The van der Waals surface area contributed by atoms with Crippen LogP contribution in [0.5, 0.6) is 0 Å². The molecule has 3 heteroatoms. The van der Waals surface area contributed by atoms with Crippen LogP contribution in [0.4, 0.5) is 0 Å². The van der Waals surface area contributed by atoms with Crippen molar-refractivity contribution in [1.82, 2.24) is 9.80 Å². The smallest absolute Gasteiger partial charge is 0.0698 e. The maximum atomic E-state index is 6.56. The molecule has 0 spiro atoms. The van der Waals surface area contributed by atoms with E-state index in [0.29, 0.717) is 11.5 Å². The number of hydrogen-bond donors (Lipinski definition) is 0. The van der Waals surface area contributed by atoms with Gasteiger partial charge in [0, 0.05) is 38.1 Å². The number of rotatable bonds is 4. The van der Waals surface area contributed by atoms with Crippen molar-refractivity contribution in [3.05, 3.63) is 0 Å². The quantitative estimate of drug-likeness (QED) is 0.792. The number of likely N-dealkylation sites (N-methyl/N-ethyl adjacent to an activating group) is 1. The lowest BCUT2D eigenvalue weighted by molar-refractivity contribution is -0.143. The second kappa shape index (κ2) is 5.82. The summed E-state index contributed by atoms with van der Waals surface area (Å²) in [5.41, 5.74) is 0.535. The molecule has 0 bridgehead atoms. The highest BCUT2D eigenvalue weighted by molar-refractivity contribution is 5.06. The lowest BCUT2D eigenvalue weighted by atomic mass is 9.78. The van der Waals surface area contributed by atoms with Crippen LogP contribution in [0.1, 0.15) is 54.4 Å². The molecule has 0 amide bonds. The normalized spacial score (nSPS) is 25.9. The highest BCUT2D eigenvalue weighted by atomic mass is 16.5. The molecular weight excluding hydrogens is 260 g/mol. The lowest BCUT2D eigenvalue weighted by Gasteiger charge is -2.44. The van der Waals surface area contributed by atoms with E-state index in [1.165, 1.54) is 45.6 Å². The first-order valence-corrected chi connectivity index (χ1v) is 8.61. The first-order valence-electron chi connectivity index (χ1n) is 8.61. The molecular formula is C18H36N2O. The summed E-state index contributed by atoms with van der Waals surface area (Å²) in [5, 5.41) is 0. The topological polar surface area (TPSA) is 15.7 Å². The maximum absolute atomic E-state index is 6.56. The van der Waals surface area contributed by atoms with E-state index in [9.17, 15) is 0 Å². The van der Waals surface area contributed by atoms with Crippen LogP contribution in [-0.2, 0) is 4.74 Å². The summed E-state index contributed by atoms with van der Waals surface area (Å²) in [5.74, 6) is 0. The van der Waals surface area contributed by atoms with Gasteiger partial charge in [0.25, 0.3) is 0 Å². The Morgan fingerprint density at radius 3 is 1.86 bits per heavy atom. The molecule has 0 aromatic rings. The Balaban J connectivity index is 2.04. The molecule has 21 heavy (non-hydrogen) atoms. The van der Waals surface area contributed by atoms with E-state index in [-0.39, 0.29) is 11.0 Å². The molecule has 0 N–H and O–H groups in total. The minimum absolute atomic E-state index is 0.0599. The second-order valence-corrected chi connectivity index (χ2v) is 9.42. The van der Waals surface area contributed by atoms with E-state index in [0.717, 1.165) is 0 Å². The average Bonchev–Trinajstić information content (AvgIpc) is 3.08. The summed E-state index contributed by atoms with van der Waals surface area (Å²) < 4.78 is 6.56. The molecule has 3 nitrogen and oxygen atoms in total. The Labute approximate surface area is 132 Å². The van der Waals surface area contributed by atoms with Crippen LogP contribution in [0.15, 0.2) is 0 Å². The number of nitrogens with zero attached hydrogens (tertiary/aromatic N) is 2. The third kappa shape index (κ3) is 4.67. The van der Waals surface area contributed by atoms with Gasteiger partial charge >= 0.3 is 0 Å². The van der Waals surface area contributed by atoms with Crippen molar-refractivity contribution in [2.75, 3.05) is 39.8 Å². The molecule has 124 valence electrons. The summed E-state index contributed by atoms with van der Waals surface area (Å²) in [7, 11) is 2.23. The molecule has 2 rings (SSSR count). The van der Waals surface area contributed by atoms with Gasteiger partial charge in [-0.25, -0.2) is 0 Å². The molecule has 0 aromatic heterocycles. The van der Waals surface area contributed by atoms with E-state index in [1.54, 1.807) is 0 Å². The summed E-state index contributed by atoms with van der Waals surface area (Å²) in [6.07, 6.45) is 3.01. The molecule has 0 radical (unpaired) electrons. The van der Waals surface area contributed by atoms with Gasteiger partial charge in [-0.05, 0) is 46.1 Å². The molecule has 1 saturated carbocycles. The zero-order valence-electron chi connectivity index (χ0n) is 15.3. The van der Waals surface area contributed by atoms with Crippen LogP contribution in [0.2, 0.25) is 0 Å². The molecule has 1 heterocycles. The van der Waals surface area contributed by atoms with Gasteiger partial charge in [0.1, 0.15) is 0 Å². The number of piperazine rings is 1.